The van der Waals surface area contributed by atoms with Crippen LogP contribution in [0.5, 0.6) is 0 Å². The average molecular weight is 447 g/mol. The second-order valence-electron chi connectivity index (χ2n) is 7.26. The Morgan fingerprint density at radius 3 is 2.48 bits per heavy atom. The molecule has 0 radical (unpaired) electrons. The van der Waals surface area contributed by atoms with Crippen LogP contribution in [0.1, 0.15) is 30.0 Å². The van der Waals surface area contributed by atoms with Gasteiger partial charge in [-0.25, -0.2) is 12.8 Å². The van der Waals surface area contributed by atoms with Gasteiger partial charge < -0.3 is 9.84 Å². The molecule has 0 bridgehead atoms. The summed E-state index contributed by atoms with van der Waals surface area (Å²) in [5.41, 5.74) is 2.39. The number of amides is 1. The molecule has 1 amide bonds. The maximum Gasteiger partial charge on any atom is 0.249 e. The zero-order valence-corrected chi connectivity index (χ0v) is 18.4. The molecule has 1 atom stereocenters. The second-order valence-corrected chi connectivity index (χ2v) is 9.30. The van der Waals surface area contributed by atoms with Gasteiger partial charge >= 0.3 is 0 Å². The number of benzene rings is 2. The summed E-state index contributed by atoms with van der Waals surface area (Å²) in [6.45, 7) is 4.98. The van der Waals surface area contributed by atoms with Crippen LogP contribution in [0.15, 0.2) is 51.9 Å². The lowest BCUT2D eigenvalue weighted by Gasteiger charge is -2.18. The molecule has 0 fully saturated rings. The van der Waals surface area contributed by atoms with Gasteiger partial charge in [-0.15, -0.1) is 0 Å². The van der Waals surface area contributed by atoms with E-state index < -0.39 is 22.0 Å². The molecule has 1 heterocycles. The highest BCUT2D eigenvalue weighted by Gasteiger charge is 2.25. The second kappa shape index (κ2) is 8.94. The number of sulfonamides is 1. The van der Waals surface area contributed by atoms with Crippen LogP contribution >= 0.6 is 0 Å². The predicted octanol–water partition coefficient (Wildman–Crippen LogP) is 2.99. The first-order valence-electron chi connectivity index (χ1n) is 9.50. The number of nitrogens with one attached hydrogen (secondary N) is 1. The Morgan fingerprint density at radius 1 is 1.16 bits per heavy atom. The van der Waals surface area contributed by atoms with Crippen molar-refractivity contribution in [2.24, 2.45) is 0 Å². The summed E-state index contributed by atoms with van der Waals surface area (Å²) in [6, 6.07) is 9.77. The van der Waals surface area contributed by atoms with E-state index in [-0.39, 0.29) is 29.0 Å². The lowest BCUT2D eigenvalue weighted by atomic mass is 10.1. The van der Waals surface area contributed by atoms with Crippen LogP contribution in [0.2, 0.25) is 0 Å². The van der Waals surface area contributed by atoms with Gasteiger partial charge in [0.15, 0.2) is 0 Å². The molecule has 8 nitrogen and oxygen atoms in total. The van der Waals surface area contributed by atoms with Gasteiger partial charge in [-0.2, -0.15) is 9.29 Å². The number of aryl methyl sites for hydroxylation is 2. The Hall–Kier alpha value is -3.11. The number of likely N-dealkylation sites (N-methyl/N-ethyl adjacent to an activating group) is 1. The number of rotatable bonds is 7. The van der Waals surface area contributed by atoms with E-state index in [1.165, 1.54) is 37.4 Å². The summed E-state index contributed by atoms with van der Waals surface area (Å²) >= 11 is 0. The van der Waals surface area contributed by atoms with Gasteiger partial charge in [0.2, 0.25) is 27.6 Å². The van der Waals surface area contributed by atoms with Gasteiger partial charge in [0.1, 0.15) is 11.9 Å². The first kappa shape index (κ1) is 22.6. The van der Waals surface area contributed by atoms with Crippen molar-refractivity contribution >= 4 is 15.9 Å². The Labute approximate surface area is 180 Å². The smallest absolute Gasteiger partial charge is 0.249 e. The number of nitrogens with zero attached hydrogens (tertiary/aromatic N) is 3. The van der Waals surface area contributed by atoms with Crippen molar-refractivity contribution in [2.45, 2.75) is 31.7 Å². The molecule has 31 heavy (non-hydrogen) atoms. The Morgan fingerprint density at radius 2 is 1.84 bits per heavy atom. The number of hydrogen-bond donors (Lipinski definition) is 1. The lowest BCUT2D eigenvalue weighted by Crippen LogP contribution is -2.39. The van der Waals surface area contributed by atoms with E-state index in [2.05, 4.69) is 15.5 Å². The number of carbonyl (C=O) groups excluding carboxylic acids is 1. The first-order chi connectivity index (χ1) is 14.6. The molecule has 3 rings (SSSR count). The first-order valence-corrected chi connectivity index (χ1v) is 10.9. The Bertz CT molecular complexity index is 1190. The monoisotopic (exact) mass is 446 g/mol. The highest BCUT2D eigenvalue weighted by atomic mass is 32.2. The zero-order chi connectivity index (χ0) is 22.8. The number of halogens is 1. The van der Waals surface area contributed by atoms with Crippen molar-refractivity contribution in [3.8, 4) is 11.4 Å². The molecule has 2 aromatic carbocycles. The van der Waals surface area contributed by atoms with Crippen molar-refractivity contribution in [3.63, 3.8) is 0 Å². The summed E-state index contributed by atoms with van der Waals surface area (Å²) < 4.78 is 44.7. The minimum Gasteiger partial charge on any atom is -0.343 e. The molecule has 164 valence electrons. The predicted molar refractivity (Wildman–Crippen MR) is 112 cm³/mol. The van der Waals surface area contributed by atoms with Crippen molar-refractivity contribution in [1.29, 1.82) is 0 Å². The molecule has 0 aliphatic heterocycles. The van der Waals surface area contributed by atoms with Gasteiger partial charge in [-0.3, -0.25) is 4.79 Å². The van der Waals surface area contributed by atoms with E-state index in [1.807, 2.05) is 13.8 Å². The van der Waals surface area contributed by atoms with Crippen molar-refractivity contribution in [1.82, 2.24) is 19.8 Å². The van der Waals surface area contributed by atoms with Gasteiger partial charge in [0.05, 0.1) is 11.4 Å². The summed E-state index contributed by atoms with van der Waals surface area (Å²) in [5.74, 6) is -0.505. The van der Waals surface area contributed by atoms with Crippen LogP contribution in [0.3, 0.4) is 0 Å². The van der Waals surface area contributed by atoms with E-state index in [0.717, 1.165) is 15.4 Å². The average Bonchev–Trinajstić information content (AvgIpc) is 3.20. The summed E-state index contributed by atoms with van der Waals surface area (Å²) in [5, 5.41) is 6.48. The zero-order valence-electron chi connectivity index (χ0n) is 17.6. The van der Waals surface area contributed by atoms with Gasteiger partial charge in [0.25, 0.3) is 0 Å². The fourth-order valence-electron chi connectivity index (χ4n) is 2.82. The van der Waals surface area contributed by atoms with E-state index in [4.69, 9.17) is 4.52 Å². The molecule has 10 heteroatoms. The van der Waals surface area contributed by atoms with Crippen LogP contribution < -0.4 is 5.32 Å². The van der Waals surface area contributed by atoms with Crippen molar-refractivity contribution in [2.75, 3.05) is 13.6 Å². The maximum atomic E-state index is 13.1. The molecule has 1 aromatic heterocycles. The fraction of sp³-hybridized carbons (Fsp3) is 0.286. The molecule has 0 spiro atoms. The van der Waals surface area contributed by atoms with Gasteiger partial charge in [-0.05, 0) is 68.3 Å². The third-order valence-electron chi connectivity index (χ3n) is 4.84. The lowest BCUT2D eigenvalue weighted by molar-refractivity contribution is -0.121. The third-order valence-corrected chi connectivity index (χ3v) is 6.64. The number of carbonyl (C=O) groups is 1. The van der Waals surface area contributed by atoms with Gasteiger partial charge in [-0.1, -0.05) is 11.2 Å². The summed E-state index contributed by atoms with van der Waals surface area (Å²) in [7, 11) is -2.48. The highest BCUT2D eigenvalue weighted by Crippen LogP contribution is 2.20. The van der Waals surface area contributed by atoms with Crippen LogP contribution in [-0.2, 0) is 14.8 Å². The minimum atomic E-state index is -3.82. The van der Waals surface area contributed by atoms with Crippen LogP contribution in [0.4, 0.5) is 4.39 Å². The fourth-order valence-corrected chi connectivity index (χ4v) is 4.03. The van der Waals surface area contributed by atoms with E-state index in [9.17, 15) is 17.6 Å². The quantitative estimate of drug-likeness (QED) is 0.598. The molecule has 0 saturated heterocycles. The molecule has 0 aliphatic carbocycles. The molecule has 1 N–H and O–H groups in total. The van der Waals surface area contributed by atoms with Crippen LogP contribution in [0.25, 0.3) is 11.4 Å². The third kappa shape index (κ3) is 5.15. The number of aromatic nitrogens is 2. The van der Waals surface area contributed by atoms with Crippen molar-refractivity contribution < 1.29 is 22.1 Å². The molecular formula is C21H23FN4O4S. The standard InChI is InChI=1S/C21H23FN4O4S/c1-13-5-10-18(11-14(13)2)31(28,29)26(4)12-19(27)23-15(3)21-24-20(25-30-21)16-6-8-17(22)9-7-16/h5-11,15H,12H2,1-4H3,(H,23,27). The Balaban J connectivity index is 1.64. The molecule has 0 saturated carbocycles. The largest absolute Gasteiger partial charge is 0.343 e. The van der Waals surface area contributed by atoms with E-state index >= 15 is 0 Å². The van der Waals surface area contributed by atoms with Gasteiger partial charge in [0, 0.05) is 12.6 Å². The van der Waals surface area contributed by atoms with E-state index in [1.54, 1.807) is 19.1 Å². The molecule has 0 aliphatic rings. The molecule has 3 aromatic rings. The van der Waals surface area contributed by atoms with Crippen LogP contribution in [0, 0.1) is 19.7 Å². The topological polar surface area (TPSA) is 105 Å². The minimum absolute atomic E-state index is 0.125. The van der Waals surface area contributed by atoms with Crippen molar-refractivity contribution in [3.05, 3.63) is 65.3 Å². The summed E-state index contributed by atoms with van der Waals surface area (Å²) in [4.78, 5) is 16.7. The van der Waals surface area contributed by atoms with Crippen LogP contribution in [-0.4, -0.2) is 42.4 Å². The Kier molecular flexibility index (Phi) is 6.51. The maximum absolute atomic E-state index is 13.1. The van der Waals surface area contributed by atoms with E-state index in [0.29, 0.717) is 5.56 Å². The normalized spacial score (nSPS) is 12.7. The SMILES string of the molecule is Cc1ccc(S(=O)(=O)N(C)CC(=O)NC(C)c2nc(-c3ccc(F)cc3)no2)cc1C. The molecule has 1 unspecified atom stereocenters. The summed E-state index contributed by atoms with van der Waals surface area (Å²) in [6.07, 6.45) is 0. The molecular weight excluding hydrogens is 423 g/mol. The highest BCUT2D eigenvalue weighted by molar-refractivity contribution is 7.89. The number of hydrogen-bond acceptors (Lipinski definition) is 6.